The molecule has 0 radical (unpaired) electrons. The van der Waals surface area contributed by atoms with Gasteiger partial charge in [-0.2, -0.15) is 0 Å². The first-order valence-corrected chi connectivity index (χ1v) is 4.59. The first kappa shape index (κ1) is 8.75. The summed E-state index contributed by atoms with van der Waals surface area (Å²) in [4.78, 5) is 10.6. The van der Waals surface area contributed by atoms with Crippen LogP contribution in [0.4, 0.5) is 0 Å². The zero-order valence-electron chi connectivity index (χ0n) is 7.75. The number of rotatable bonds is 4. The third kappa shape index (κ3) is 1.37. The number of hydrogen-bond acceptors (Lipinski definition) is 2. The minimum absolute atomic E-state index is 0.121. The van der Waals surface area contributed by atoms with Gasteiger partial charge in [0, 0.05) is 11.0 Å². The molecule has 1 N–H and O–H groups in total. The van der Waals surface area contributed by atoms with E-state index in [0.717, 1.165) is 13.0 Å². The van der Waals surface area contributed by atoms with Crippen LogP contribution < -0.4 is 0 Å². The van der Waals surface area contributed by atoms with Gasteiger partial charge < -0.3 is 9.84 Å². The summed E-state index contributed by atoms with van der Waals surface area (Å²) in [5.41, 5.74) is 0.440. The van der Waals surface area contributed by atoms with E-state index in [1.54, 1.807) is 0 Å². The van der Waals surface area contributed by atoms with E-state index in [1.807, 2.05) is 0 Å². The lowest BCUT2D eigenvalue weighted by Crippen LogP contribution is -2.15. The molecular formula is C10H14O3. The average molecular weight is 182 g/mol. The van der Waals surface area contributed by atoms with Crippen molar-refractivity contribution in [3.8, 4) is 0 Å². The van der Waals surface area contributed by atoms with Crippen LogP contribution in [0.25, 0.3) is 0 Å². The molecule has 2 rings (SSSR count). The van der Waals surface area contributed by atoms with E-state index in [-0.39, 0.29) is 5.41 Å². The first-order valence-electron chi connectivity index (χ1n) is 4.59. The van der Waals surface area contributed by atoms with Crippen molar-refractivity contribution < 1.29 is 14.6 Å². The lowest BCUT2D eigenvalue weighted by atomic mass is 9.91. The second-order valence-corrected chi connectivity index (χ2v) is 4.25. The van der Waals surface area contributed by atoms with Gasteiger partial charge in [-0.25, -0.2) is 4.79 Å². The fourth-order valence-corrected chi connectivity index (χ4v) is 2.17. The van der Waals surface area contributed by atoms with Gasteiger partial charge in [0.2, 0.25) is 0 Å². The number of hydrogen-bond donors (Lipinski definition) is 1. The summed E-state index contributed by atoms with van der Waals surface area (Å²) in [7, 11) is 0. The highest BCUT2D eigenvalue weighted by Gasteiger charge is 2.61. The van der Waals surface area contributed by atoms with E-state index < -0.39 is 5.97 Å². The van der Waals surface area contributed by atoms with Crippen molar-refractivity contribution in [3.63, 3.8) is 0 Å². The van der Waals surface area contributed by atoms with Gasteiger partial charge in [-0.3, -0.25) is 0 Å². The van der Waals surface area contributed by atoms with Gasteiger partial charge in [0.25, 0.3) is 0 Å². The summed E-state index contributed by atoms with van der Waals surface area (Å²) in [6.45, 7) is 6.52. The topological polar surface area (TPSA) is 49.8 Å². The maximum Gasteiger partial charge on any atom is 0.330 e. The number of carboxylic acids is 1. The predicted octanol–water partition coefficient (Wildman–Crippen LogP) is 1.44. The van der Waals surface area contributed by atoms with Crippen LogP contribution in [-0.4, -0.2) is 23.8 Å². The fraction of sp³-hybridized carbons (Fsp3) is 0.700. The van der Waals surface area contributed by atoms with E-state index in [4.69, 9.17) is 9.84 Å². The summed E-state index contributed by atoms with van der Waals surface area (Å²) in [5.74, 6) is -0.282. The third-order valence-electron chi connectivity index (χ3n) is 3.33. The number of ether oxygens (including phenoxy) is 1. The molecule has 0 aromatic carbocycles. The molecule has 3 atom stereocenters. The van der Waals surface area contributed by atoms with E-state index in [1.165, 1.54) is 0 Å². The molecule has 1 saturated carbocycles. The molecular weight excluding hydrogens is 168 g/mol. The van der Waals surface area contributed by atoms with Gasteiger partial charge >= 0.3 is 5.97 Å². The SMILES string of the molecule is C=C(CC1(C2CO2)CC1C)C(=O)O. The largest absolute Gasteiger partial charge is 0.478 e. The molecule has 3 unspecified atom stereocenters. The van der Waals surface area contributed by atoms with Crippen molar-refractivity contribution in [1.29, 1.82) is 0 Å². The Morgan fingerprint density at radius 1 is 1.77 bits per heavy atom. The van der Waals surface area contributed by atoms with Crippen molar-refractivity contribution in [1.82, 2.24) is 0 Å². The smallest absolute Gasteiger partial charge is 0.330 e. The lowest BCUT2D eigenvalue weighted by molar-refractivity contribution is -0.132. The molecule has 3 nitrogen and oxygen atoms in total. The van der Waals surface area contributed by atoms with Gasteiger partial charge in [-0.15, -0.1) is 0 Å². The predicted molar refractivity (Wildman–Crippen MR) is 47.3 cm³/mol. The summed E-state index contributed by atoms with van der Waals surface area (Å²) in [5, 5.41) is 8.72. The Hall–Kier alpha value is -0.830. The summed E-state index contributed by atoms with van der Waals surface area (Å²) >= 11 is 0. The zero-order valence-corrected chi connectivity index (χ0v) is 7.75. The minimum atomic E-state index is -0.876. The van der Waals surface area contributed by atoms with E-state index in [2.05, 4.69) is 13.5 Å². The Balaban J connectivity index is 1.99. The molecule has 0 aromatic heterocycles. The van der Waals surface area contributed by atoms with Crippen LogP contribution in [0.15, 0.2) is 12.2 Å². The maximum atomic E-state index is 10.6. The van der Waals surface area contributed by atoms with Crippen LogP contribution in [0.1, 0.15) is 19.8 Å². The van der Waals surface area contributed by atoms with Crippen molar-refractivity contribution in [2.75, 3.05) is 6.61 Å². The van der Waals surface area contributed by atoms with Crippen molar-refractivity contribution in [3.05, 3.63) is 12.2 Å². The maximum absolute atomic E-state index is 10.6. The van der Waals surface area contributed by atoms with Crippen LogP contribution in [0.5, 0.6) is 0 Å². The van der Waals surface area contributed by atoms with Gasteiger partial charge in [0.05, 0.1) is 12.7 Å². The van der Waals surface area contributed by atoms with Crippen molar-refractivity contribution in [2.24, 2.45) is 11.3 Å². The van der Waals surface area contributed by atoms with Crippen LogP contribution in [0, 0.1) is 11.3 Å². The highest BCUT2D eigenvalue weighted by Crippen LogP contribution is 2.62. The first-order chi connectivity index (χ1) is 6.06. The van der Waals surface area contributed by atoms with E-state index in [0.29, 0.717) is 24.0 Å². The second kappa shape index (κ2) is 2.58. The Morgan fingerprint density at radius 3 is 2.62 bits per heavy atom. The molecule has 0 amide bonds. The molecule has 0 aromatic rings. The van der Waals surface area contributed by atoms with Crippen LogP contribution in [-0.2, 0) is 9.53 Å². The monoisotopic (exact) mass is 182 g/mol. The molecule has 1 saturated heterocycles. The molecule has 72 valence electrons. The summed E-state index contributed by atoms with van der Waals surface area (Å²) in [6, 6.07) is 0. The molecule has 2 aliphatic rings. The number of epoxide rings is 1. The standard InChI is InChI=1S/C10H14O3/c1-6(9(11)12)3-10(4-7(10)2)8-5-13-8/h7-8H,1,3-5H2,2H3,(H,11,12). The molecule has 3 heteroatoms. The van der Waals surface area contributed by atoms with Crippen LogP contribution in [0.3, 0.4) is 0 Å². The molecule has 0 spiro atoms. The average Bonchev–Trinajstić information content (AvgIpc) is 2.86. The highest BCUT2D eigenvalue weighted by atomic mass is 16.6. The number of carboxylic acid groups (broad SMARTS) is 1. The second-order valence-electron chi connectivity index (χ2n) is 4.25. The quantitative estimate of drug-likeness (QED) is 0.528. The van der Waals surface area contributed by atoms with E-state index >= 15 is 0 Å². The molecule has 0 bridgehead atoms. The lowest BCUT2D eigenvalue weighted by Gasteiger charge is -2.12. The molecule has 1 aliphatic carbocycles. The van der Waals surface area contributed by atoms with Gasteiger partial charge in [0.15, 0.2) is 0 Å². The summed E-state index contributed by atoms with van der Waals surface area (Å²) < 4.78 is 5.25. The Kier molecular flexibility index (Phi) is 1.74. The molecule has 13 heavy (non-hydrogen) atoms. The highest BCUT2D eigenvalue weighted by molar-refractivity contribution is 5.86. The summed E-state index contributed by atoms with van der Waals surface area (Å²) in [6.07, 6.45) is 1.98. The minimum Gasteiger partial charge on any atom is -0.478 e. The molecule has 2 fully saturated rings. The van der Waals surface area contributed by atoms with Crippen LogP contribution >= 0.6 is 0 Å². The van der Waals surface area contributed by atoms with Crippen molar-refractivity contribution in [2.45, 2.75) is 25.9 Å². The zero-order chi connectivity index (χ0) is 9.64. The fourth-order valence-electron chi connectivity index (χ4n) is 2.17. The van der Waals surface area contributed by atoms with Crippen LogP contribution in [0.2, 0.25) is 0 Å². The molecule has 1 heterocycles. The van der Waals surface area contributed by atoms with Gasteiger partial charge in [0.1, 0.15) is 0 Å². The normalized spacial score (nSPS) is 41.3. The van der Waals surface area contributed by atoms with Crippen molar-refractivity contribution >= 4 is 5.97 Å². The van der Waals surface area contributed by atoms with Gasteiger partial charge in [-0.1, -0.05) is 13.5 Å². The number of aliphatic carboxylic acids is 1. The van der Waals surface area contributed by atoms with Gasteiger partial charge in [-0.05, 0) is 18.8 Å². The Bertz CT molecular complexity index is 267. The third-order valence-corrected chi connectivity index (χ3v) is 3.33. The molecule has 1 aliphatic heterocycles. The number of carbonyl (C=O) groups is 1. The Morgan fingerprint density at radius 2 is 2.31 bits per heavy atom. The van der Waals surface area contributed by atoms with E-state index in [9.17, 15) is 4.79 Å². The Labute approximate surface area is 77.4 Å².